The van der Waals surface area contributed by atoms with Gasteiger partial charge in [-0.05, 0) is 30.7 Å². The summed E-state index contributed by atoms with van der Waals surface area (Å²) in [5.41, 5.74) is 2.15. The third-order valence-electron chi connectivity index (χ3n) is 6.17. The van der Waals surface area contributed by atoms with Crippen LogP contribution in [0, 0.1) is 17.0 Å². The van der Waals surface area contributed by atoms with Gasteiger partial charge in [0.25, 0.3) is 11.2 Å². The van der Waals surface area contributed by atoms with Gasteiger partial charge in [0.1, 0.15) is 23.9 Å². The smallest absolute Gasteiger partial charge is 0.294 e. The molecular formula is C24H23N7O4. The number of nitro groups is 1. The van der Waals surface area contributed by atoms with E-state index in [4.69, 9.17) is 0 Å². The monoisotopic (exact) mass is 473 g/mol. The van der Waals surface area contributed by atoms with Crippen LogP contribution in [-0.2, 0) is 11.3 Å². The quantitative estimate of drug-likeness (QED) is 0.322. The van der Waals surface area contributed by atoms with Crippen molar-refractivity contribution in [3.63, 3.8) is 0 Å². The number of fused-ring (bicyclic) bond motifs is 1. The highest BCUT2D eigenvalue weighted by Gasteiger charge is 2.23. The van der Waals surface area contributed by atoms with Gasteiger partial charge in [0, 0.05) is 37.9 Å². The fourth-order valence-corrected chi connectivity index (χ4v) is 4.32. The van der Waals surface area contributed by atoms with Gasteiger partial charge in [0.15, 0.2) is 5.65 Å². The molecule has 1 fully saturated rings. The molecule has 1 saturated heterocycles. The van der Waals surface area contributed by atoms with Gasteiger partial charge in [0.05, 0.1) is 11.1 Å². The Morgan fingerprint density at radius 3 is 2.60 bits per heavy atom. The summed E-state index contributed by atoms with van der Waals surface area (Å²) in [5, 5.41) is 15.7. The highest BCUT2D eigenvalue weighted by molar-refractivity contribution is 5.78. The largest absolute Gasteiger partial charge is 0.368 e. The van der Waals surface area contributed by atoms with E-state index in [1.54, 1.807) is 17.0 Å². The molecule has 1 aliphatic heterocycles. The number of carbonyl (C=O) groups is 1. The van der Waals surface area contributed by atoms with E-state index in [1.807, 2.05) is 6.07 Å². The number of aromatic nitrogens is 4. The molecule has 0 saturated carbocycles. The predicted molar refractivity (Wildman–Crippen MR) is 130 cm³/mol. The summed E-state index contributed by atoms with van der Waals surface area (Å²) in [6.07, 6.45) is 2.61. The maximum absolute atomic E-state index is 13.0. The molecule has 5 rings (SSSR count). The second kappa shape index (κ2) is 9.01. The molecular weight excluding hydrogens is 450 g/mol. The molecule has 4 aromatic rings. The first-order valence-corrected chi connectivity index (χ1v) is 11.2. The molecule has 11 heteroatoms. The van der Waals surface area contributed by atoms with Crippen molar-refractivity contribution in [2.45, 2.75) is 13.5 Å². The fraction of sp³-hybridized carbons (Fsp3) is 0.250. The van der Waals surface area contributed by atoms with Gasteiger partial charge in [-0.25, -0.2) is 9.67 Å². The van der Waals surface area contributed by atoms with Crippen LogP contribution in [-0.4, -0.2) is 61.2 Å². The summed E-state index contributed by atoms with van der Waals surface area (Å²) in [7, 11) is 0. The summed E-state index contributed by atoms with van der Waals surface area (Å²) in [6, 6.07) is 14.4. The van der Waals surface area contributed by atoms with E-state index in [2.05, 4.69) is 40.1 Å². The van der Waals surface area contributed by atoms with Crippen LogP contribution >= 0.6 is 0 Å². The van der Waals surface area contributed by atoms with Crippen molar-refractivity contribution >= 4 is 28.3 Å². The van der Waals surface area contributed by atoms with Gasteiger partial charge < -0.3 is 9.80 Å². The van der Waals surface area contributed by atoms with Crippen molar-refractivity contribution in [3.05, 3.63) is 87.1 Å². The normalized spacial score (nSPS) is 13.9. The molecule has 178 valence electrons. The zero-order valence-corrected chi connectivity index (χ0v) is 19.1. The molecule has 35 heavy (non-hydrogen) atoms. The zero-order chi connectivity index (χ0) is 24.5. The SMILES string of the molecule is Cc1cccc(N2CCN(C(=O)Cn3cnc4c(cnn4-c4ccccc4[N+](=O)[O-])c3=O)CC2)c1. The van der Waals surface area contributed by atoms with Gasteiger partial charge in [0.2, 0.25) is 5.91 Å². The maximum atomic E-state index is 13.0. The Morgan fingerprint density at radius 1 is 1.09 bits per heavy atom. The highest BCUT2D eigenvalue weighted by atomic mass is 16.6. The van der Waals surface area contributed by atoms with Gasteiger partial charge in [-0.1, -0.05) is 24.3 Å². The van der Waals surface area contributed by atoms with E-state index in [9.17, 15) is 19.7 Å². The van der Waals surface area contributed by atoms with Crippen molar-refractivity contribution in [2.75, 3.05) is 31.1 Å². The lowest BCUT2D eigenvalue weighted by Gasteiger charge is -2.36. The van der Waals surface area contributed by atoms with E-state index in [0.717, 1.165) is 5.69 Å². The van der Waals surface area contributed by atoms with Gasteiger partial charge in [-0.2, -0.15) is 5.10 Å². The molecule has 0 bridgehead atoms. The number of anilines is 1. The molecule has 1 amide bonds. The van der Waals surface area contributed by atoms with Crippen molar-refractivity contribution in [3.8, 4) is 5.69 Å². The summed E-state index contributed by atoms with van der Waals surface area (Å²) in [4.78, 5) is 45.1. The Hall–Kier alpha value is -4.54. The zero-order valence-electron chi connectivity index (χ0n) is 19.1. The van der Waals surface area contributed by atoms with Crippen LogP contribution in [0.2, 0.25) is 0 Å². The van der Waals surface area contributed by atoms with E-state index in [-0.39, 0.29) is 34.9 Å². The molecule has 3 heterocycles. The number of carbonyl (C=O) groups excluding carboxylic acids is 1. The highest BCUT2D eigenvalue weighted by Crippen LogP contribution is 2.24. The molecule has 1 aliphatic rings. The number of hydrogen-bond acceptors (Lipinski definition) is 7. The van der Waals surface area contributed by atoms with Crippen molar-refractivity contribution in [1.82, 2.24) is 24.2 Å². The van der Waals surface area contributed by atoms with E-state index in [0.29, 0.717) is 26.2 Å². The summed E-state index contributed by atoms with van der Waals surface area (Å²) in [5.74, 6) is -0.164. The molecule has 0 spiro atoms. The lowest BCUT2D eigenvalue weighted by Crippen LogP contribution is -2.50. The van der Waals surface area contributed by atoms with Crippen molar-refractivity contribution in [1.29, 1.82) is 0 Å². The first-order valence-electron chi connectivity index (χ1n) is 11.2. The second-order valence-corrected chi connectivity index (χ2v) is 8.42. The first-order chi connectivity index (χ1) is 16.9. The van der Waals surface area contributed by atoms with Gasteiger partial charge >= 0.3 is 0 Å². The van der Waals surface area contributed by atoms with Crippen LogP contribution in [0.15, 0.2) is 65.8 Å². The average Bonchev–Trinajstić information content (AvgIpc) is 3.30. The predicted octanol–water partition coefficient (Wildman–Crippen LogP) is 2.15. The Bertz CT molecular complexity index is 1480. The molecule has 2 aromatic heterocycles. The molecule has 11 nitrogen and oxygen atoms in total. The number of benzene rings is 2. The summed E-state index contributed by atoms with van der Waals surface area (Å²) < 4.78 is 2.52. The number of amides is 1. The van der Waals surface area contributed by atoms with E-state index < -0.39 is 10.5 Å². The number of aryl methyl sites for hydroxylation is 1. The molecule has 0 radical (unpaired) electrons. The molecule has 0 atom stereocenters. The van der Waals surface area contributed by atoms with Crippen LogP contribution < -0.4 is 10.5 Å². The van der Waals surface area contributed by atoms with Crippen LogP contribution in [0.4, 0.5) is 11.4 Å². The number of rotatable bonds is 5. The number of nitro benzene ring substituents is 1. The third kappa shape index (κ3) is 4.23. The van der Waals surface area contributed by atoms with Crippen LogP contribution in [0.3, 0.4) is 0 Å². The van der Waals surface area contributed by atoms with Crippen molar-refractivity contribution < 1.29 is 9.72 Å². The minimum Gasteiger partial charge on any atom is -0.368 e. The number of nitrogens with zero attached hydrogens (tertiary/aromatic N) is 7. The Kier molecular flexibility index (Phi) is 5.73. The van der Waals surface area contributed by atoms with E-state index in [1.165, 1.54) is 39.5 Å². The minimum absolute atomic E-state index is 0.136. The molecule has 0 aliphatic carbocycles. The maximum Gasteiger partial charge on any atom is 0.294 e. The first kappa shape index (κ1) is 22.3. The molecule has 0 unspecified atom stereocenters. The lowest BCUT2D eigenvalue weighted by atomic mass is 10.2. The van der Waals surface area contributed by atoms with Crippen LogP contribution in [0.1, 0.15) is 5.56 Å². The summed E-state index contributed by atoms with van der Waals surface area (Å²) in [6.45, 7) is 4.47. The second-order valence-electron chi connectivity index (χ2n) is 8.42. The number of para-hydroxylation sites is 2. The van der Waals surface area contributed by atoms with Gasteiger partial charge in [-0.3, -0.25) is 24.3 Å². The Balaban J connectivity index is 1.33. The number of hydrogen-bond donors (Lipinski definition) is 0. The Morgan fingerprint density at radius 2 is 1.86 bits per heavy atom. The Labute approximate surface area is 200 Å². The third-order valence-corrected chi connectivity index (χ3v) is 6.17. The topological polar surface area (TPSA) is 119 Å². The van der Waals surface area contributed by atoms with Crippen LogP contribution in [0.5, 0.6) is 0 Å². The summed E-state index contributed by atoms with van der Waals surface area (Å²) >= 11 is 0. The minimum atomic E-state index is -0.512. The van der Waals surface area contributed by atoms with Gasteiger partial charge in [-0.15, -0.1) is 0 Å². The average molecular weight is 473 g/mol. The van der Waals surface area contributed by atoms with Crippen LogP contribution in [0.25, 0.3) is 16.7 Å². The van der Waals surface area contributed by atoms with Crippen molar-refractivity contribution in [2.24, 2.45) is 0 Å². The lowest BCUT2D eigenvalue weighted by molar-refractivity contribution is -0.384. The standard InChI is InChI=1S/C24H23N7O4/c1-17-5-4-6-18(13-17)27-9-11-28(12-10-27)22(32)15-29-16-25-23-19(24(29)33)14-26-30(23)20-7-2-3-8-21(20)31(34)35/h2-8,13-14,16H,9-12,15H2,1H3. The molecule has 0 N–H and O–H groups in total. The van der Waals surface area contributed by atoms with E-state index >= 15 is 0 Å². The number of piperazine rings is 1. The molecule has 2 aromatic carbocycles. The fourth-order valence-electron chi connectivity index (χ4n) is 4.32.